The van der Waals surface area contributed by atoms with Crippen LogP contribution in [0.4, 0.5) is 10.5 Å². The summed E-state index contributed by atoms with van der Waals surface area (Å²) in [4.78, 5) is 21.9. The zero-order valence-corrected chi connectivity index (χ0v) is 8.85. The van der Waals surface area contributed by atoms with E-state index in [9.17, 15) is 14.7 Å². The number of aryl methyl sites for hydroxylation is 1. The number of nitrogens with one attached hydrogen (secondary N) is 1. The van der Waals surface area contributed by atoms with E-state index in [1.54, 1.807) is 6.92 Å². The fourth-order valence-electron chi connectivity index (χ4n) is 1.52. The number of rotatable bonds is 1. The number of carbonyl (C=O) groups is 1. The summed E-state index contributed by atoms with van der Waals surface area (Å²) in [5, 5.41) is 20.5. The van der Waals surface area contributed by atoms with Crippen LogP contribution in [0.15, 0.2) is 27.4 Å². The Labute approximate surface area is 95.1 Å². The molecule has 0 radical (unpaired) electrons. The predicted octanol–water partition coefficient (Wildman–Crippen LogP) is 1.90. The zero-order chi connectivity index (χ0) is 12.6. The summed E-state index contributed by atoms with van der Waals surface area (Å²) in [6, 6.07) is 4.34. The van der Waals surface area contributed by atoms with Gasteiger partial charge in [0, 0.05) is 10.9 Å². The zero-order valence-electron chi connectivity index (χ0n) is 8.85. The number of aromatic hydroxyl groups is 1. The second-order valence-corrected chi connectivity index (χ2v) is 3.51. The van der Waals surface area contributed by atoms with Gasteiger partial charge >= 0.3 is 11.7 Å². The smallest absolute Gasteiger partial charge is 0.409 e. The van der Waals surface area contributed by atoms with E-state index in [1.165, 1.54) is 18.2 Å². The van der Waals surface area contributed by atoms with Crippen LogP contribution in [0, 0.1) is 6.92 Å². The van der Waals surface area contributed by atoms with Gasteiger partial charge in [0.15, 0.2) is 0 Å². The Morgan fingerprint density at radius 2 is 2.12 bits per heavy atom. The van der Waals surface area contributed by atoms with Gasteiger partial charge < -0.3 is 14.6 Å². The van der Waals surface area contributed by atoms with Gasteiger partial charge in [-0.3, -0.25) is 5.32 Å². The summed E-state index contributed by atoms with van der Waals surface area (Å²) in [6.45, 7) is 1.60. The van der Waals surface area contributed by atoms with Crippen molar-refractivity contribution in [1.82, 2.24) is 0 Å². The van der Waals surface area contributed by atoms with Crippen LogP contribution in [0.25, 0.3) is 11.0 Å². The molecule has 2 aromatic rings. The number of benzene rings is 1. The highest BCUT2D eigenvalue weighted by molar-refractivity contribution is 5.88. The van der Waals surface area contributed by atoms with Crippen LogP contribution in [0.1, 0.15) is 5.56 Å². The molecule has 0 aliphatic heterocycles. The van der Waals surface area contributed by atoms with Gasteiger partial charge in [-0.25, -0.2) is 9.59 Å². The Bertz CT molecular complexity index is 659. The van der Waals surface area contributed by atoms with Gasteiger partial charge in [-0.05, 0) is 25.1 Å². The third-order valence-corrected chi connectivity index (χ3v) is 2.36. The van der Waals surface area contributed by atoms with Gasteiger partial charge in [-0.15, -0.1) is 0 Å². The number of phenols is 1. The molecule has 6 nitrogen and oxygen atoms in total. The van der Waals surface area contributed by atoms with Crippen LogP contribution in [0.5, 0.6) is 5.75 Å². The van der Waals surface area contributed by atoms with E-state index in [4.69, 9.17) is 9.52 Å². The lowest BCUT2D eigenvalue weighted by Crippen LogP contribution is -2.15. The maximum atomic E-state index is 11.5. The molecule has 1 aromatic carbocycles. The predicted molar refractivity (Wildman–Crippen MR) is 60.5 cm³/mol. The van der Waals surface area contributed by atoms with E-state index in [-0.39, 0.29) is 17.0 Å². The first-order valence-electron chi connectivity index (χ1n) is 4.75. The van der Waals surface area contributed by atoms with Crippen LogP contribution < -0.4 is 10.9 Å². The minimum absolute atomic E-state index is 0.0135. The third-order valence-electron chi connectivity index (χ3n) is 2.36. The van der Waals surface area contributed by atoms with Crippen molar-refractivity contribution in [2.45, 2.75) is 6.92 Å². The third kappa shape index (κ3) is 1.92. The topological polar surface area (TPSA) is 99.8 Å². The largest absolute Gasteiger partial charge is 0.508 e. The molecule has 1 aromatic heterocycles. The first-order chi connectivity index (χ1) is 7.99. The van der Waals surface area contributed by atoms with Gasteiger partial charge in [-0.2, -0.15) is 0 Å². The Hall–Kier alpha value is -2.50. The highest BCUT2D eigenvalue weighted by Crippen LogP contribution is 2.26. The summed E-state index contributed by atoms with van der Waals surface area (Å²) in [5.41, 5.74) is -0.281. The van der Waals surface area contributed by atoms with Gasteiger partial charge in [0.2, 0.25) is 0 Å². The van der Waals surface area contributed by atoms with Crippen molar-refractivity contribution in [3.05, 3.63) is 34.2 Å². The standard InChI is InChI=1S/C11H9NO5/c1-5-8(13)3-2-6-4-7(12-11(15)16)10(14)17-9(5)6/h2-4,12-13H,1H3,(H,15,16). The molecular weight excluding hydrogens is 226 g/mol. The Morgan fingerprint density at radius 1 is 1.41 bits per heavy atom. The number of fused-ring (bicyclic) bond motifs is 1. The van der Waals surface area contributed by atoms with Gasteiger partial charge in [0.1, 0.15) is 17.0 Å². The van der Waals surface area contributed by atoms with E-state index in [1.807, 2.05) is 5.32 Å². The van der Waals surface area contributed by atoms with Crippen LogP contribution in [-0.4, -0.2) is 16.3 Å². The van der Waals surface area contributed by atoms with E-state index in [2.05, 4.69) is 0 Å². The van der Waals surface area contributed by atoms with Crippen molar-refractivity contribution in [2.75, 3.05) is 5.32 Å². The highest BCUT2D eigenvalue weighted by Gasteiger charge is 2.10. The molecule has 0 fully saturated rings. The van der Waals surface area contributed by atoms with Crippen molar-refractivity contribution < 1.29 is 19.4 Å². The monoisotopic (exact) mass is 235 g/mol. The first-order valence-corrected chi connectivity index (χ1v) is 4.75. The van der Waals surface area contributed by atoms with E-state index in [0.717, 1.165) is 0 Å². The number of hydrogen-bond acceptors (Lipinski definition) is 4. The quantitative estimate of drug-likeness (QED) is 0.655. The summed E-state index contributed by atoms with van der Waals surface area (Å²) in [7, 11) is 0. The molecule has 0 bridgehead atoms. The van der Waals surface area contributed by atoms with Crippen LogP contribution in [0.2, 0.25) is 0 Å². The summed E-state index contributed by atoms with van der Waals surface area (Å²) in [6.07, 6.45) is -1.34. The summed E-state index contributed by atoms with van der Waals surface area (Å²) in [5.74, 6) is 0.0135. The lowest BCUT2D eigenvalue weighted by molar-refractivity contribution is 0.209. The summed E-state index contributed by atoms with van der Waals surface area (Å²) >= 11 is 0. The van der Waals surface area contributed by atoms with Crippen molar-refractivity contribution in [3.8, 4) is 5.75 Å². The molecule has 0 saturated carbocycles. The average molecular weight is 235 g/mol. The second-order valence-electron chi connectivity index (χ2n) is 3.51. The van der Waals surface area contributed by atoms with Crippen molar-refractivity contribution >= 4 is 22.7 Å². The molecule has 2 rings (SSSR count). The van der Waals surface area contributed by atoms with Gasteiger partial charge in [0.25, 0.3) is 0 Å². The summed E-state index contributed by atoms with van der Waals surface area (Å²) < 4.78 is 4.96. The number of hydrogen-bond donors (Lipinski definition) is 3. The van der Waals surface area contributed by atoms with Gasteiger partial charge in [0.05, 0.1) is 0 Å². The van der Waals surface area contributed by atoms with E-state index < -0.39 is 11.7 Å². The molecule has 0 atom stereocenters. The SMILES string of the molecule is Cc1c(O)ccc2cc(NC(=O)O)c(=O)oc12. The lowest BCUT2D eigenvalue weighted by Gasteiger charge is -2.05. The van der Waals surface area contributed by atoms with Crippen LogP contribution >= 0.6 is 0 Å². The van der Waals surface area contributed by atoms with Crippen LogP contribution in [0.3, 0.4) is 0 Å². The lowest BCUT2D eigenvalue weighted by atomic mass is 10.1. The molecule has 0 spiro atoms. The van der Waals surface area contributed by atoms with Crippen molar-refractivity contribution in [1.29, 1.82) is 0 Å². The molecule has 3 N–H and O–H groups in total. The fraction of sp³-hybridized carbons (Fsp3) is 0.0909. The van der Waals surface area contributed by atoms with Crippen molar-refractivity contribution in [2.24, 2.45) is 0 Å². The molecular formula is C11H9NO5. The number of amides is 1. The number of anilines is 1. The molecule has 1 amide bonds. The molecule has 0 unspecified atom stereocenters. The number of phenolic OH excluding ortho intramolecular Hbond substituents is 1. The molecule has 6 heteroatoms. The van der Waals surface area contributed by atoms with Crippen molar-refractivity contribution in [3.63, 3.8) is 0 Å². The van der Waals surface area contributed by atoms with E-state index in [0.29, 0.717) is 10.9 Å². The highest BCUT2D eigenvalue weighted by atomic mass is 16.4. The maximum Gasteiger partial charge on any atom is 0.409 e. The molecule has 88 valence electrons. The van der Waals surface area contributed by atoms with Gasteiger partial charge in [-0.1, -0.05) is 0 Å². The Balaban J connectivity index is 2.71. The Morgan fingerprint density at radius 3 is 2.76 bits per heavy atom. The molecule has 0 aliphatic rings. The minimum Gasteiger partial charge on any atom is -0.508 e. The minimum atomic E-state index is -1.34. The second kappa shape index (κ2) is 3.82. The molecule has 0 aliphatic carbocycles. The average Bonchev–Trinajstić information content (AvgIpc) is 2.25. The molecule has 0 saturated heterocycles. The van der Waals surface area contributed by atoms with E-state index >= 15 is 0 Å². The van der Waals surface area contributed by atoms with Crippen LogP contribution in [-0.2, 0) is 0 Å². The fourth-order valence-corrected chi connectivity index (χ4v) is 1.52. The number of carboxylic acid groups (broad SMARTS) is 1. The normalized spacial score (nSPS) is 10.4. The maximum absolute atomic E-state index is 11.5. The molecule has 1 heterocycles. The first kappa shape index (κ1) is 11.0. The molecule has 17 heavy (non-hydrogen) atoms. The Kier molecular flexibility index (Phi) is 2.47.